The van der Waals surface area contributed by atoms with Crippen LogP contribution in [0.5, 0.6) is 0 Å². The van der Waals surface area contributed by atoms with Crippen LogP contribution in [0.2, 0.25) is 0 Å². The van der Waals surface area contributed by atoms with Gasteiger partial charge in [0.05, 0.1) is 6.04 Å². The summed E-state index contributed by atoms with van der Waals surface area (Å²) in [6.07, 6.45) is 15.7. The predicted molar refractivity (Wildman–Crippen MR) is 90.4 cm³/mol. The van der Waals surface area contributed by atoms with Gasteiger partial charge in [0.25, 0.3) is 0 Å². The van der Waals surface area contributed by atoms with Gasteiger partial charge >= 0.3 is 0 Å². The van der Waals surface area contributed by atoms with E-state index in [0.717, 1.165) is 25.9 Å². The van der Waals surface area contributed by atoms with Crippen LogP contribution < -0.4 is 5.73 Å². The Morgan fingerprint density at radius 3 is 1.68 bits per heavy atom. The Hall–Kier alpha value is -0.570. The van der Waals surface area contributed by atoms with Gasteiger partial charge in [-0.2, -0.15) is 0 Å². The molecule has 126 valence electrons. The zero-order chi connectivity index (χ0) is 15.4. The molecular weight excluding hydrogens is 272 g/mol. The highest BCUT2D eigenvalue weighted by Gasteiger charge is 2.39. The number of hydrogen-bond donors (Lipinski definition) is 1. The van der Waals surface area contributed by atoms with Crippen LogP contribution in [0, 0.1) is 17.8 Å². The molecule has 2 saturated carbocycles. The summed E-state index contributed by atoms with van der Waals surface area (Å²) in [6, 6.07) is -0.232. The highest BCUT2D eigenvalue weighted by molar-refractivity contribution is 5.82. The van der Waals surface area contributed by atoms with E-state index in [9.17, 15) is 4.79 Å². The monoisotopic (exact) mass is 306 g/mol. The number of carbonyl (C=O) groups is 1. The van der Waals surface area contributed by atoms with Crippen molar-refractivity contribution >= 4 is 5.91 Å². The Kier molecular flexibility index (Phi) is 5.78. The first-order valence-corrected chi connectivity index (χ1v) is 9.82. The lowest BCUT2D eigenvalue weighted by Crippen LogP contribution is -2.51. The Labute approximate surface area is 136 Å². The summed E-state index contributed by atoms with van der Waals surface area (Å²) in [5.41, 5.74) is 6.61. The van der Waals surface area contributed by atoms with Crippen molar-refractivity contribution in [3.8, 4) is 0 Å². The topological polar surface area (TPSA) is 46.3 Å². The maximum Gasteiger partial charge on any atom is 0.239 e. The molecule has 0 bridgehead atoms. The molecular formula is C19H34N2O. The first kappa shape index (κ1) is 16.3. The van der Waals surface area contributed by atoms with E-state index < -0.39 is 0 Å². The standard InChI is InChI=1S/C19H34N2O/c20-18(19(22)21-13-7-8-14-21)17(15-9-3-1-4-10-15)16-11-5-2-6-12-16/h15-18H,1-14,20H2/t18-/m1/s1. The quantitative estimate of drug-likeness (QED) is 0.860. The predicted octanol–water partition coefficient (Wildman–Crippen LogP) is 3.71. The van der Waals surface area contributed by atoms with Crippen molar-refractivity contribution in [3.63, 3.8) is 0 Å². The van der Waals surface area contributed by atoms with Crippen LogP contribution in [0.3, 0.4) is 0 Å². The van der Waals surface area contributed by atoms with Crippen molar-refractivity contribution in [2.24, 2.45) is 23.5 Å². The van der Waals surface area contributed by atoms with Gasteiger partial charge in [-0.1, -0.05) is 64.2 Å². The lowest BCUT2D eigenvalue weighted by molar-refractivity contribution is -0.134. The average molecular weight is 306 g/mol. The minimum Gasteiger partial charge on any atom is -0.341 e. The highest BCUT2D eigenvalue weighted by Crippen LogP contribution is 2.41. The van der Waals surface area contributed by atoms with E-state index in [1.807, 2.05) is 4.90 Å². The molecule has 1 amide bonds. The van der Waals surface area contributed by atoms with Gasteiger partial charge in [-0.3, -0.25) is 4.79 Å². The number of likely N-dealkylation sites (tertiary alicyclic amines) is 1. The van der Waals surface area contributed by atoms with Gasteiger partial charge in [-0.25, -0.2) is 0 Å². The summed E-state index contributed by atoms with van der Waals surface area (Å²) < 4.78 is 0. The molecule has 3 heteroatoms. The molecule has 3 rings (SSSR count). The SMILES string of the molecule is N[C@@H](C(=O)N1CCCC1)C(C1CCCCC1)C1CCCCC1. The van der Waals surface area contributed by atoms with E-state index in [1.54, 1.807) is 0 Å². The minimum absolute atomic E-state index is 0.232. The summed E-state index contributed by atoms with van der Waals surface area (Å²) in [7, 11) is 0. The van der Waals surface area contributed by atoms with Crippen molar-refractivity contribution < 1.29 is 4.79 Å². The van der Waals surface area contributed by atoms with Crippen molar-refractivity contribution in [3.05, 3.63) is 0 Å². The maximum absolute atomic E-state index is 12.9. The number of nitrogens with zero attached hydrogens (tertiary/aromatic N) is 1. The molecule has 1 aliphatic heterocycles. The molecule has 1 heterocycles. The molecule has 0 aromatic rings. The van der Waals surface area contributed by atoms with Crippen molar-refractivity contribution in [2.45, 2.75) is 83.1 Å². The Morgan fingerprint density at radius 1 is 0.773 bits per heavy atom. The second kappa shape index (κ2) is 7.81. The molecule has 3 aliphatic rings. The van der Waals surface area contributed by atoms with Crippen LogP contribution in [0.4, 0.5) is 0 Å². The lowest BCUT2D eigenvalue weighted by atomic mass is 9.66. The van der Waals surface area contributed by atoms with Crippen LogP contribution in [-0.4, -0.2) is 29.9 Å². The first-order chi connectivity index (χ1) is 10.8. The summed E-state index contributed by atoms with van der Waals surface area (Å²) in [5, 5.41) is 0. The van der Waals surface area contributed by atoms with E-state index in [1.165, 1.54) is 64.2 Å². The Bertz CT molecular complexity index is 334. The summed E-state index contributed by atoms with van der Waals surface area (Å²) >= 11 is 0. The number of hydrogen-bond acceptors (Lipinski definition) is 2. The third-order valence-electron chi connectivity index (χ3n) is 6.51. The molecule has 3 nitrogen and oxygen atoms in total. The van der Waals surface area contributed by atoms with Crippen LogP contribution in [0.1, 0.15) is 77.0 Å². The first-order valence-electron chi connectivity index (χ1n) is 9.82. The van der Waals surface area contributed by atoms with Crippen LogP contribution >= 0.6 is 0 Å². The lowest BCUT2D eigenvalue weighted by Gasteiger charge is -2.41. The van der Waals surface area contributed by atoms with Gasteiger partial charge in [0.2, 0.25) is 5.91 Å². The molecule has 2 aliphatic carbocycles. The van der Waals surface area contributed by atoms with Gasteiger partial charge in [-0.05, 0) is 30.6 Å². The molecule has 0 unspecified atom stereocenters. The fourth-order valence-corrected chi connectivity index (χ4v) is 5.32. The zero-order valence-corrected chi connectivity index (χ0v) is 14.1. The molecule has 0 aromatic heterocycles. The van der Waals surface area contributed by atoms with E-state index in [4.69, 9.17) is 5.73 Å². The minimum atomic E-state index is -0.232. The largest absolute Gasteiger partial charge is 0.341 e. The van der Waals surface area contributed by atoms with Crippen molar-refractivity contribution in [1.29, 1.82) is 0 Å². The van der Waals surface area contributed by atoms with Gasteiger partial charge in [0, 0.05) is 13.1 Å². The zero-order valence-electron chi connectivity index (χ0n) is 14.1. The molecule has 0 aromatic carbocycles. The second-order valence-electron chi connectivity index (χ2n) is 7.93. The van der Waals surface area contributed by atoms with Gasteiger partial charge in [0.15, 0.2) is 0 Å². The van der Waals surface area contributed by atoms with E-state index in [-0.39, 0.29) is 11.9 Å². The maximum atomic E-state index is 12.9. The average Bonchev–Trinajstić information content (AvgIpc) is 3.11. The Balaban J connectivity index is 1.71. The van der Waals surface area contributed by atoms with Crippen LogP contribution in [0.15, 0.2) is 0 Å². The molecule has 1 saturated heterocycles. The van der Waals surface area contributed by atoms with Crippen molar-refractivity contribution in [2.75, 3.05) is 13.1 Å². The van der Waals surface area contributed by atoms with Gasteiger partial charge < -0.3 is 10.6 Å². The fraction of sp³-hybridized carbons (Fsp3) is 0.947. The van der Waals surface area contributed by atoms with E-state index >= 15 is 0 Å². The molecule has 0 radical (unpaired) electrons. The summed E-state index contributed by atoms with van der Waals surface area (Å²) in [5.74, 6) is 2.13. The number of nitrogens with two attached hydrogens (primary N) is 1. The molecule has 22 heavy (non-hydrogen) atoms. The number of rotatable bonds is 4. The molecule has 1 atom stereocenters. The van der Waals surface area contributed by atoms with Crippen LogP contribution in [-0.2, 0) is 4.79 Å². The molecule has 0 spiro atoms. The van der Waals surface area contributed by atoms with Crippen LogP contribution in [0.25, 0.3) is 0 Å². The van der Waals surface area contributed by atoms with Crippen molar-refractivity contribution in [1.82, 2.24) is 4.90 Å². The number of amides is 1. The third kappa shape index (κ3) is 3.67. The normalized spacial score (nSPS) is 26.5. The van der Waals surface area contributed by atoms with E-state index in [2.05, 4.69) is 0 Å². The van der Waals surface area contributed by atoms with Gasteiger partial charge in [-0.15, -0.1) is 0 Å². The highest BCUT2D eigenvalue weighted by atomic mass is 16.2. The van der Waals surface area contributed by atoms with Gasteiger partial charge in [0.1, 0.15) is 0 Å². The summed E-state index contributed by atoms with van der Waals surface area (Å²) in [6.45, 7) is 1.88. The second-order valence-corrected chi connectivity index (χ2v) is 7.93. The molecule has 2 N–H and O–H groups in total. The number of carbonyl (C=O) groups excluding carboxylic acids is 1. The third-order valence-corrected chi connectivity index (χ3v) is 6.51. The molecule has 3 fully saturated rings. The smallest absolute Gasteiger partial charge is 0.239 e. The van der Waals surface area contributed by atoms with E-state index in [0.29, 0.717) is 17.8 Å². The fourth-order valence-electron chi connectivity index (χ4n) is 5.32. The Morgan fingerprint density at radius 2 is 1.23 bits per heavy atom. The summed E-state index contributed by atoms with van der Waals surface area (Å²) in [4.78, 5) is 14.9.